The molecule has 0 aliphatic carbocycles. The average Bonchev–Trinajstić information content (AvgIpc) is 2.67. The van der Waals surface area contributed by atoms with Gasteiger partial charge in [0.15, 0.2) is 0 Å². The molecule has 2 heterocycles. The van der Waals surface area contributed by atoms with E-state index in [-0.39, 0.29) is 34.4 Å². The molecule has 0 amide bonds. The molecule has 1 fully saturated rings. The van der Waals surface area contributed by atoms with E-state index in [1.807, 2.05) is 24.3 Å². The molecule has 0 atom stereocenters. The SMILES string of the molecule is CCCCOc1ccc(Nc2ncnc(NC3CC(C)(C)NC(C)(C)C3)c2[N+](=O)[O-])cc1. The lowest BCUT2D eigenvalue weighted by Crippen LogP contribution is -2.60. The lowest BCUT2D eigenvalue weighted by atomic mass is 9.79. The summed E-state index contributed by atoms with van der Waals surface area (Å²) in [5.41, 5.74) is 0.335. The molecule has 1 aliphatic rings. The highest BCUT2D eigenvalue weighted by Gasteiger charge is 2.38. The summed E-state index contributed by atoms with van der Waals surface area (Å²) in [5, 5.41) is 21.9. The van der Waals surface area contributed by atoms with E-state index >= 15 is 0 Å². The quantitative estimate of drug-likeness (QED) is 0.281. The maximum atomic E-state index is 11.9. The molecule has 0 radical (unpaired) electrons. The van der Waals surface area contributed by atoms with Gasteiger partial charge in [0.2, 0.25) is 11.6 Å². The van der Waals surface area contributed by atoms with E-state index in [1.54, 1.807) is 0 Å². The van der Waals surface area contributed by atoms with Gasteiger partial charge in [0.1, 0.15) is 12.1 Å². The zero-order valence-electron chi connectivity index (χ0n) is 19.6. The van der Waals surface area contributed by atoms with Gasteiger partial charge in [0.25, 0.3) is 0 Å². The van der Waals surface area contributed by atoms with E-state index in [0.717, 1.165) is 31.4 Å². The number of anilines is 3. The number of nitro groups is 1. The first-order valence-electron chi connectivity index (χ1n) is 11.1. The molecule has 0 saturated carbocycles. The summed E-state index contributed by atoms with van der Waals surface area (Å²) in [7, 11) is 0. The van der Waals surface area contributed by atoms with Crippen LogP contribution in [0.15, 0.2) is 30.6 Å². The molecule has 3 N–H and O–H groups in total. The molecule has 9 nitrogen and oxygen atoms in total. The minimum atomic E-state index is -0.440. The van der Waals surface area contributed by atoms with Gasteiger partial charge in [0, 0.05) is 22.8 Å². The number of nitrogens with one attached hydrogen (secondary N) is 3. The maximum absolute atomic E-state index is 11.9. The molecule has 9 heteroatoms. The second-order valence-corrected chi connectivity index (χ2v) is 9.67. The Balaban J connectivity index is 1.78. The van der Waals surface area contributed by atoms with Crippen LogP contribution in [0.5, 0.6) is 5.75 Å². The Morgan fingerprint density at radius 2 is 1.75 bits per heavy atom. The summed E-state index contributed by atoms with van der Waals surface area (Å²) < 4.78 is 5.67. The minimum absolute atomic E-state index is 0.0438. The summed E-state index contributed by atoms with van der Waals surface area (Å²) in [6.07, 6.45) is 5.05. The van der Waals surface area contributed by atoms with Gasteiger partial charge in [-0.2, -0.15) is 0 Å². The van der Waals surface area contributed by atoms with Crippen LogP contribution in [0.1, 0.15) is 60.3 Å². The number of nitrogens with zero attached hydrogens (tertiary/aromatic N) is 3. The van der Waals surface area contributed by atoms with Gasteiger partial charge >= 0.3 is 5.69 Å². The van der Waals surface area contributed by atoms with Gasteiger partial charge in [-0.25, -0.2) is 9.97 Å². The second-order valence-electron chi connectivity index (χ2n) is 9.67. The van der Waals surface area contributed by atoms with Gasteiger partial charge in [-0.3, -0.25) is 10.1 Å². The summed E-state index contributed by atoms with van der Waals surface area (Å²) in [4.78, 5) is 19.8. The summed E-state index contributed by atoms with van der Waals surface area (Å²) in [6.45, 7) is 11.3. The normalized spacial score (nSPS) is 17.5. The van der Waals surface area contributed by atoms with Gasteiger partial charge in [-0.1, -0.05) is 13.3 Å². The van der Waals surface area contributed by atoms with Crippen LogP contribution in [-0.2, 0) is 0 Å². The van der Waals surface area contributed by atoms with Crippen molar-refractivity contribution < 1.29 is 9.66 Å². The molecule has 0 unspecified atom stereocenters. The molecule has 3 rings (SSSR count). The van der Waals surface area contributed by atoms with Gasteiger partial charge in [0.05, 0.1) is 11.5 Å². The van der Waals surface area contributed by atoms with Crippen molar-refractivity contribution in [2.75, 3.05) is 17.2 Å². The Bertz CT molecular complexity index is 914. The number of hydrogen-bond acceptors (Lipinski definition) is 8. The Morgan fingerprint density at radius 3 is 2.34 bits per heavy atom. The van der Waals surface area contributed by atoms with Crippen LogP contribution in [-0.4, -0.2) is 38.6 Å². The third-order valence-corrected chi connectivity index (χ3v) is 5.42. The molecule has 174 valence electrons. The monoisotopic (exact) mass is 442 g/mol. The lowest BCUT2D eigenvalue weighted by Gasteiger charge is -2.46. The van der Waals surface area contributed by atoms with Crippen LogP contribution in [0.25, 0.3) is 0 Å². The molecular formula is C23H34N6O3. The Morgan fingerprint density at radius 1 is 1.12 bits per heavy atom. The average molecular weight is 443 g/mol. The van der Waals surface area contributed by atoms with E-state index < -0.39 is 4.92 Å². The van der Waals surface area contributed by atoms with Gasteiger partial charge in [-0.15, -0.1) is 0 Å². The molecule has 2 aromatic rings. The Kier molecular flexibility index (Phi) is 7.18. The first kappa shape index (κ1) is 23.7. The third-order valence-electron chi connectivity index (χ3n) is 5.42. The predicted octanol–water partition coefficient (Wildman–Crippen LogP) is 5.03. The second kappa shape index (κ2) is 9.68. The Labute approximate surface area is 189 Å². The molecule has 1 saturated heterocycles. The topological polar surface area (TPSA) is 114 Å². The van der Waals surface area contributed by atoms with E-state index in [0.29, 0.717) is 12.3 Å². The largest absolute Gasteiger partial charge is 0.494 e. The summed E-state index contributed by atoms with van der Waals surface area (Å²) >= 11 is 0. The highest BCUT2D eigenvalue weighted by atomic mass is 16.6. The first-order valence-corrected chi connectivity index (χ1v) is 11.1. The minimum Gasteiger partial charge on any atom is -0.494 e. The van der Waals surface area contributed by atoms with Crippen molar-refractivity contribution in [1.29, 1.82) is 0 Å². The van der Waals surface area contributed by atoms with Crippen LogP contribution in [0, 0.1) is 10.1 Å². The number of ether oxygens (including phenoxy) is 1. The molecule has 1 aromatic carbocycles. The van der Waals surface area contributed by atoms with Crippen LogP contribution >= 0.6 is 0 Å². The van der Waals surface area contributed by atoms with Crippen LogP contribution in [0.2, 0.25) is 0 Å². The van der Waals surface area contributed by atoms with Crippen LogP contribution < -0.4 is 20.7 Å². The van der Waals surface area contributed by atoms with E-state index in [1.165, 1.54) is 6.33 Å². The first-order chi connectivity index (χ1) is 15.1. The van der Waals surface area contributed by atoms with Crippen LogP contribution in [0.4, 0.5) is 23.0 Å². The molecule has 1 aromatic heterocycles. The number of aromatic nitrogens is 2. The fraction of sp³-hybridized carbons (Fsp3) is 0.565. The molecule has 0 bridgehead atoms. The van der Waals surface area contributed by atoms with Gasteiger partial charge < -0.3 is 20.7 Å². The predicted molar refractivity (Wildman–Crippen MR) is 127 cm³/mol. The molecule has 0 spiro atoms. The van der Waals surface area contributed by atoms with Crippen molar-refractivity contribution in [2.24, 2.45) is 0 Å². The number of rotatable bonds is 9. The molecule has 32 heavy (non-hydrogen) atoms. The standard InChI is InChI=1S/C23H34N6O3/c1-6-7-12-32-18-10-8-16(9-11-18)26-20-19(29(30)31)21(25-15-24-20)27-17-13-22(2,3)28-23(4,5)14-17/h8-11,15,17,28H,6-7,12-14H2,1-5H3,(H2,24,25,26,27). The van der Waals surface area contributed by atoms with Crippen molar-refractivity contribution >= 4 is 23.0 Å². The number of unbranched alkanes of at least 4 members (excludes halogenated alkanes) is 1. The zero-order valence-corrected chi connectivity index (χ0v) is 19.6. The zero-order chi connectivity index (χ0) is 23.4. The maximum Gasteiger partial charge on any atom is 0.353 e. The molecular weight excluding hydrogens is 408 g/mol. The van der Waals surface area contributed by atoms with Crippen molar-refractivity contribution in [3.63, 3.8) is 0 Å². The van der Waals surface area contributed by atoms with E-state index in [9.17, 15) is 10.1 Å². The fourth-order valence-electron chi connectivity index (χ4n) is 4.47. The van der Waals surface area contributed by atoms with Crippen molar-refractivity contribution in [3.05, 3.63) is 40.7 Å². The third kappa shape index (κ3) is 6.29. The lowest BCUT2D eigenvalue weighted by molar-refractivity contribution is -0.383. The van der Waals surface area contributed by atoms with Crippen LogP contribution in [0.3, 0.4) is 0 Å². The van der Waals surface area contributed by atoms with Crippen molar-refractivity contribution in [3.8, 4) is 5.75 Å². The highest BCUT2D eigenvalue weighted by molar-refractivity contribution is 5.74. The summed E-state index contributed by atoms with van der Waals surface area (Å²) in [6, 6.07) is 7.35. The highest BCUT2D eigenvalue weighted by Crippen LogP contribution is 2.35. The number of piperidine rings is 1. The number of hydrogen-bond donors (Lipinski definition) is 3. The van der Waals surface area contributed by atoms with Crippen molar-refractivity contribution in [2.45, 2.75) is 77.4 Å². The fourth-order valence-corrected chi connectivity index (χ4v) is 4.47. The number of benzene rings is 1. The molecule has 1 aliphatic heterocycles. The Hall–Kier alpha value is -2.94. The van der Waals surface area contributed by atoms with Gasteiger partial charge in [-0.05, 0) is 71.2 Å². The van der Waals surface area contributed by atoms with E-state index in [2.05, 4.69) is 60.5 Å². The van der Waals surface area contributed by atoms with Crippen molar-refractivity contribution in [1.82, 2.24) is 15.3 Å². The van der Waals surface area contributed by atoms with E-state index in [4.69, 9.17) is 4.74 Å². The summed E-state index contributed by atoms with van der Waals surface area (Å²) in [5.74, 6) is 1.14. The smallest absolute Gasteiger partial charge is 0.353 e.